The van der Waals surface area contributed by atoms with Crippen LogP contribution in [0.1, 0.15) is 28.2 Å². The lowest BCUT2D eigenvalue weighted by Gasteiger charge is -2.14. The quantitative estimate of drug-likeness (QED) is 0.206. The van der Waals surface area contributed by atoms with Crippen molar-refractivity contribution in [3.8, 4) is 17.2 Å². The Labute approximate surface area is 228 Å². The maximum atomic E-state index is 12.2. The van der Waals surface area contributed by atoms with E-state index in [0.717, 1.165) is 15.6 Å². The number of hydrogen-bond acceptors (Lipinski definition) is 7. The normalized spacial score (nSPS) is 13.6. The van der Waals surface area contributed by atoms with Crippen LogP contribution in [0.2, 0.25) is 0 Å². The van der Waals surface area contributed by atoms with Gasteiger partial charge in [-0.2, -0.15) is 5.10 Å². The summed E-state index contributed by atoms with van der Waals surface area (Å²) in [6.07, 6.45) is 1.55. The Morgan fingerprint density at radius 1 is 1.06 bits per heavy atom. The first-order chi connectivity index (χ1) is 17.6. The van der Waals surface area contributed by atoms with E-state index in [1.165, 1.54) is 17.1 Å². The average Bonchev–Trinajstić information content (AvgIpc) is 3.43. The van der Waals surface area contributed by atoms with E-state index in [4.69, 9.17) is 14.2 Å². The fourth-order valence-corrected chi connectivity index (χ4v) is 6.86. The number of amides is 1. The largest absolute Gasteiger partial charge is 0.490 e. The Morgan fingerprint density at radius 2 is 1.81 bits per heavy atom. The van der Waals surface area contributed by atoms with Crippen LogP contribution >= 0.6 is 39.5 Å². The van der Waals surface area contributed by atoms with Crippen LogP contribution in [0.4, 0.5) is 0 Å². The monoisotopic (exact) mass is 586 g/mol. The predicted octanol–water partition coefficient (Wildman–Crippen LogP) is 6.43. The van der Waals surface area contributed by atoms with E-state index in [9.17, 15) is 4.79 Å². The molecule has 4 rings (SSSR count). The van der Waals surface area contributed by atoms with Crippen molar-refractivity contribution >= 4 is 51.6 Å². The molecule has 9 heteroatoms. The first-order valence-electron chi connectivity index (χ1n) is 11.5. The highest BCUT2D eigenvalue weighted by atomic mass is 79.9. The number of carbonyl (C=O) groups is 1. The van der Waals surface area contributed by atoms with Gasteiger partial charge in [0.1, 0.15) is 12.4 Å². The predicted molar refractivity (Wildman–Crippen MR) is 151 cm³/mol. The molecule has 1 fully saturated rings. The van der Waals surface area contributed by atoms with Crippen molar-refractivity contribution in [2.45, 2.75) is 18.1 Å². The van der Waals surface area contributed by atoms with Gasteiger partial charge in [0.2, 0.25) is 0 Å². The van der Waals surface area contributed by atoms with E-state index in [1.807, 2.05) is 85.0 Å². The molecule has 1 N–H and O–H groups in total. The number of benzene rings is 3. The van der Waals surface area contributed by atoms with Crippen molar-refractivity contribution in [2.75, 3.05) is 24.7 Å². The molecular formula is C27H27BrN2O4S2. The third-order valence-electron chi connectivity index (χ3n) is 5.10. The highest BCUT2D eigenvalue weighted by Gasteiger charge is 2.18. The van der Waals surface area contributed by atoms with Crippen LogP contribution in [0.5, 0.6) is 17.2 Å². The number of halogens is 1. The fourth-order valence-electron chi connectivity index (χ4n) is 3.43. The van der Waals surface area contributed by atoms with E-state index in [-0.39, 0.29) is 12.5 Å². The fraction of sp³-hybridized carbons (Fsp3) is 0.259. The second-order valence-corrected chi connectivity index (χ2v) is 11.3. The summed E-state index contributed by atoms with van der Waals surface area (Å²) in [4.78, 5) is 12.2. The highest BCUT2D eigenvalue weighted by Crippen LogP contribution is 2.45. The van der Waals surface area contributed by atoms with Crippen LogP contribution < -0.4 is 19.6 Å². The first-order valence-corrected chi connectivity index (χ1v) is 14.4. The maximum Gasteiger partial charge on any atom is 0.277 e. The van der Waals surface area contributed by atoms with Gasteiger partial charge in [0.25, 0.3) is 5.91 Å². The zero-order valence-corrected chi connectivity index (χ0v) is 23.0. The molecule has 36 heavy (non-hydrogen) atoms. The van der Waals surface area contributed by atoms with Crippen LogP contribution in [-0.2, 0) is 11.4 Å². The summed E-state index contributed by atoms with van der Waals surface area (Å²) in [5, 5.41) is 4.06. The van der Waals surface area contributed by atoms with Gasteiger partial charge in [0.05, 0.1) is 21.9 Å². The van der Waals surface area contributed by atoms with Crippen LogP contribution in [0.3, 0.4) is 0 Å². The number of nitrogens with zero attached hydrogens (tertiary/aromatic N) is 1. The lowest BCUT2D eigenvalue weighted by molar-refractivity contribution is -0.123. The van der Waals surface area contributed by atoms with Crippen molar-refractivity contribution in [3.05, 3.63) is 87.9 Å². The van der Waals surface area contributed by atoms with E-state index in [1.54, 1.807) is 6.21 Å². The summed E-state index contributed by atoms with van der Waals surface area (Å²) in [5.74, 6) is 3.89. The summed E-state index contributed by atoms with van der Waals surface area (Å²) in [6.45, 7) is 2.70. The van der Waals surface area contributed by atoms with Crippen LogP contribution in [0, 0.1) is 0 Å². The number of carbonyl (C=O) groups excluding carboxylic acids is 1. The van der Waals surface area contributed by atoms with Crippen LogP contribution in [-0.4, -0.2) is 36.8 Å². The van der Waals surface area contributed by atoms with Gasteiger partial charge in [-0.3, -0.25) is 4.79 Å². The second-order valence-electron chi connectivity index (χ2n) is 7.76. The van der Waals surface area contributed by atoms with Gasteiger partial charge in [-0.25, -0.2) is 5.43 Å². The average molecular weight is 588 g/mol. The number of thioether (sulfide) groups is 2. The topological polar surface area (TPSA) is 69.2 Å². The molecule has 0 bridgehead atoms. The number of hydrazone groups is 1. The van der Waals surface area contributed by atoms with Gasteiger partial charge < -0.3 is 14.2 Å². The van der Waals surface area contributed by atoms with Gasteiger partial charge in [-0.15, -0.1) is 23.5 Å². The van der Waals surface area contributed by atoms with Gasteiger partial charge >= 0.3 is 0 Å². The van der Waals surface area contributed by atoms with E-state index < -0.39 is 0 Å². The minimum atomic E-state index is -0.343. The van der Waals surface area contributed by atoms with E-state index in [2.05, 4.69) is 38.6 Å². The Hall–Kier alpha value is -2.62. The third kappa shape index (κ3) is 7.69. The zero-order chi connectivity index (χ0) is 25.2. The lowest BCUT2D eigenvalue weighted by Crippen LogP contribution is -2.24. The van der Waals surface area contributed by atoms with Crippen molar-refractivity contribution in [2.24, 2.45) is 5.10 Å². The Bertz CT molecular complexity index is 1170. The van der Waals surface area contributed by atoms with Gasteiger partial charge in [0.15, 0.2) is 18.1 Å². The molecule has 1 saturated heterocycles. The molecule has 3 aromatic carbocycles. The molecule has 3 aromatic rings. The number of ether oxygens (including phenoxy) is 3. The molecule has 0 saturated carbocycles. The smallest absolute Gasteiger partial charge is 0.277 e. The summed E-state index contributed by atoms with van der Waals surface area (Å²) < 4.78 is 18.6. The van der Waals surface area contributed by atoms with E-state index >= 15 is 0 Å². The molecule has 0 atom stereocenters. The first kappa shape index (κ1) is 26.4. The van der Waals surface area contributed by atoms with Crippen molar-refractivity contribution in [3.63, 3.8) is 0 Å². The maximum absolute atomic E-state index is 12.2. The molecule has 0 aromatic heterocycles. The van der Waals surface area contributed by atoms with Crippen molar-refractivity contribution in [1.29, 1.82) is 0 Å². The molecule has 1 amide bonds. The lowest BCUT2D eigenvalue weighted by atomic mass is 10.2. The minimum absolute atomic E-state index is 0.121. The summed E-state index contributed by atoms with van der Waals surface area (Å²) >= 11 is 7.48. The number of rotatable bonds is 11. The van der Waals surface area contributed by atoms with Crippen LogP contribution in [0.25, 0.3) is 0 Å². The summed E-state index contributed by atoms with van der Waals surface area (Å²) in [5.41, 5.74) is 5.58. The molecule has 1 aliphatic heterocycles. The molecular weight excluding hydrogens is 560 g/mol. The zero-order valence-electron chi connectivity index (χ0n) is 19.8. The van der Waals surface area contributed by atoms with Gasteiger partial charge in [-0.1, -0.05) is 42.5 Å². The van der Waals surface area contributed by atoms with Gasteiger partial charge in [-0.05, 0) is 63.8 Å². The molecule has 0 unspecified atom stereocenters. The number of nitrogens with one attached hydrogen (secondary N) is 1. The standard InChI is InChI=1S/C27H27BrN2O4S2/c1-2-32-24-15-20(14-23(28)26(24)34-17-19-6-4-3-5-7-19)16-29-30-25(31)18-33-22-10-8-21(9-11-22)27-35-12-13-36-27/h3-11,14-16,27H,2,12-13,17-18H2,1H3,(H,30,31)/b29-16-. The molecule has 6 nitrogen and oxygen atoms in total. The third-order valence-corrected chi connectivity index (χ3v) is 8.80. The summed E-state index contributed by atoms with van der Waals surface area (Å²) in [6, 6.07) is 21.5. The minimum Gasteiger partial charge on any atom is -0.490 e. The Morgan fingerprint density at radius 3 is 2.53 bits per heavy atom. The van der Waals surface area contributed by atoms with E-state index in [0.29, 0.717) is 35.0 Å². The Balaban J connectivity index is 1.30. The molecule has 188 valence electrons. The van der Waals surface area contributed by atoms with Crippen molar-refractivity contribution < 1.29 is 19.0 Å². The highest BCUT2D eigenvalue weighted by molar-refractivity contribution is 9.10. The SMILES string of the molecule is CCOc1cc(/C=N\NC(=O)COc2ccc(C3SCCS3)cc2)cc(Br)c1OCc1ccccc1. The molecule has 0 radical (unpaired) electrons. The van der Waals surface area contributed by atoms with Crippen molar-refractivity contribution in [1.82, 2.24) is 5.43 Å². The van der Waals surface area contributed by atoms with Gasteiger partial charge in [0, 0.05) is 11.5 Å². The molecule has 1 heterocycles. The molecule has 0 spiro atoms. The summed E-state index contributed by atoms with van der Waals surface area (Å²) in [7, 11) is 0. The molecule has 1 aliphatic rings. The Kier molecular flexibility index (Phi) is 10.0. The van der Waals surface area contributed by atoms with Crippen LogP contribution in [0.15, 0.2) is 76.3 Å². The molecule has 0 aliphatic carbocycles. The second kappa shape index (κ2) is 13.6. The number of hydrogen-bond donors (Lipinski definition) is 1.